The molecule has 0 aromatic heterocycles. The summed E-state index contributed by atoms with van der Waals surface area (Å²) in [6.07, 6.45) is 5.13. The third-order valence-corrected chi connectivity index (χ3v) is 4.49. The monoisotopic (exact) mass is 290 g/mol. The lowest BCUT2D eigenvalue weighted by Crippen LogP contribution is -2.32. The van der Waals surface area contributed by atoms with Crippen LogP contribution in [0.1, 0.15) is 25.7 Å². The number of anilines is 1. The fourth-order valence-corrected chi connectivity index (χ4v) is 2.94. The summed E-state index contributed by atoms with van der Waals surface area (Å²) >= 11 is 1.61. The molecule has 5 heteroatoms. The van der Waals surface area contributed by atoms with Crippen LogP contribution in [0.2, 0.25) is 0 Å². The summed E-state index contributed by atoms with van der Waals surface area (Å²) in [6, 6.07) is 7.83. The number of carbonyl (C=O) groups excluding carboxylic acids is 1. The highest BCUT2D eigenvalue weighted by Gasteiger charge is 2.41. The summed E-state index contributed by atoms with van der Waals surface area (Å²) < 4.78 is 5.31. The molecule has 0 radical (unpaired) electrons. The molecule has 0 saturated heterocycles. The summed E-state index contributed by atoms with van der Waals surface area (Å²) in [7, 11) is 1.57. The van der Waals surface area contributed by atoms with E-state index in [2.05, 4.69) is 11.4 Å². The van der Waals surface area contributed by atoms with Gasteiger partial charge in [0.2, 0.25) is 5.91 Å². The SMILES string of the molecule is COc1cc(SC)ccc1NC(=O)C1(C#N)CCCC1. The summed E-state index contributed by atoms with van der Waals surface area (Å²) in [5.74, 6) is 0.406. The molecule has 1 saturated carbocycles. The van der Waals surface area contributed by atoms with Crippen LogP contribution in [0.25, 0.3) is 0 Å². The second-order valence-corrected chi connectivity index (χ2v) is 5.80. The number of nitrogens with zero attached hydrogens (tertiary/aromatic N) is 1. The largest absolute Gasteiger partial charge is 0.495 e. The number of amides is 1. The molecule has 1 N–H and O–H groups in total. The van der Waals surface area contributed by atoms with Crippen molar-refractivity contribution in [2.45, 2.75) is 30.6 Å². The molecular formula is C15H18N2O2S. The zero-order valence-corrected chi connectivity index (χ0v) is 12.5. The summed E-state index contributed by atoms with van der Waals surface area (Å²) in [4.78, 5) is 13.5. The van der Waals surface area contributed by atoms with Crippen molar-refractivity contribution in [1.82, 2.24) is 0 Å². The van der Waals surface area contributed by atoms with Crippen molar-refractivity contribution in [2.24, 2.45) is 5.41 Å². The third-order valence-electron chi connectivity index (χ3n) is 3.76. The molecule has 1 aromatic rings. The van der Waals surface area contributed by atoms with Gasteiger partial charge in [0.05, 0.1) is 18.9 Å². The highest BCUT2D eigenvalue weighted by molar-refractivity contribution is 7.98. The Hall–Kier alpha value is -1.67. The minimum atomic E-state index is -0.872. The van der Waals surface area contributed by atoms with Gasteiger partial charge in [0.25, 0.3) is 0 Å². The van der Waals surface area contributed by atoms with Crippen LogP contribution in [0, 0.1) is 16.7 Å². The van der Waals surface area contributed by atoms with Crippen molar-refractivity contribution in [3.8, 4) is 11.8 Å². The van der Waals surface area contributed by atoms with Gasteiger partial charge in [0, 0.05) is 4.90 Å². The second kappa shape index (κ2) is 6.19. The van der Waals surface area contributed by atoms with Gasteiger partial charge in [-0.3, -0.25) is 4.79 Å². The zero-order chi connectivity index (χ0) is 14.6. The van der Waals surface area contributed by atoms with Gasteiger partial charge in [-0.15, -0.1) is 11.8 Å². The maximum atomic E-state index is 12.4. The van der Waals surface area contributed by atoms with Crippen molar-refractivity contribution in [2.75, 3.05) is 18.7 Å². The van der Waals surface area contributed by atoms with Gasteiger partial charge in [-0.1, -0.05) is 12.8 Å². The average molecular weight is 290 g/mol. The summed E-state index contributed by atoms with van der Waals surface area (Å²) in [5.41, 5.74) is -0.250. The Balaban J connectivity index is 2.21. The summed E-state index contributed by atoms with van der Waals surface area (Å²) in [5, 5.41) is 12.2. The average Bonchev–Trinajstić information content (AvgIpc) is 2.97. The molecule has 106 valence electrons. The molecule has 1 amide bonds. The topological polar surface area (TPSA) is 62.1 Å². The number of nitrogens with one attached hydrogen (secondary N) is 1. The first kappa shape index (κ1) is 14.7. The normalized spacial score (nSPS) is 16.4. The van der Waals surface area contributed by atoms with Gasteiger partial charge in [0.1, 0.15) is 11.2 Å². The number of nitriles is 1. The fourth-order valence-electron chi connectivity index (χ4n) is 2.51. The van der Waals surface area contributed by atoms with Crippen molar-refractivity contribution < 1.29 is 9.53 Å². The first-order valence-electron chi connectivity index (χ1n) is 6.60. The lowest BCUT2D eigenvalue weighted by Gasteiger charge is -2.20. The van der Waals surface area contributed by atoms with Crippen LogP contribution in [0.15, 0.2) is 23.1 Å². The van der Waals surface area contributed by atoms with E-state index in [1.54, 1.807) is 18.9 Å². The van der Waals surface area contributed by atoms with E-state index in [1.807, 2.05) is 24.5 Å². The van der Waals surface area contributed by atoms with E-state index in [0.717, 1.165) is 17.7 Å². The van der Waals surface area contributed by atoms with Gasteiger partial charge in [-0.25, -0.2) is 0 Å². The molecule has 0 atom stereocenters. The molecule has 0 unspecified atom stereocenters. The lowest BCUT2D eigenvalue weighted by atomic mass is 9.87. The molecule has 2 rings (SSSR count). The number of hydrogen-bond donors (Lipinski definition) is 1. The van der Waals surface area contributed by atoms with Crippen molar-refractivity contribution >= 4 is 23.4 Å². The minimum Gasteiger partial charge on any atom is -0.495 e. The van der Waals surface area contributed by atoms with Gasteiger partial charge in [-0.2, -0.15) is 5.26 Å². The van der Waals surface area contributed by atoms with Gasteiger partial charge >= 0.3 is 0 Å². The molecule has 4 nitrogen and oxygen atoms in total. The molecular weight excluding hydrogens is 272 g/mol. The van der Waals surface area contributed by atoms with E-state index in [0.29, 0.717) is 24.3 Å². The smallest absolute Gasteiger partial charge is 0.244 e. The van der Waals surface area contributed by atoms with Gasteiger partial charge < -0.3 is 10.1 Å². The van der Waals surface area contributed by atoms with Crippen LogP contribution in [0.3, 0.4) is 0 Å². The Kier molecular flexibility index (Phi) is 4.56. The highest BCUT2D eigenvalue weighted by Crippen LogP contribution is 2.39. The van der Waals surface area contributed by atoms with Gasteiger partial charge in [-0.05, 0) is 37.3 Å². The molecule has 0 bridgehead atoms. The van der Waals surface area contributed by atoms with E-state index in [1.165, 1.54) is 0 Å². The van der Waals surface area contributed by atoms with Crippen molar-refractivity contribution in [3.63, 3.8) is 0 Å². The standard InChI is InChI=1S/C15H18N2O2S/c1-19-13-9-11(20-2)5-6-12(13)17-14(18)15(10-16)7-3-4-8-15/h5-6,9H,3-4,7-8H2,1-2H3,(H,17,18). The molecule has 0 heterocycles. The Labute approximate surface area is 123 Å². The van der Waals surface area contributed by atoms with E-state index < -0.39 is 5.41 Å². The first-order chi connectivity index (χ1) is 9.65. The summed E-state index contributed by atoms with van der Waals surface area (Å²) in [6.45, 7) is 0. The van der Waals surface area contributed by atoms with Crippen molar-refractivity contribution in [3.05, 3.63) is 18.2 Å². The number of carbonyl (C=O) groups is 1. The molecule has 1 fully saturated rings. The van der Waals surface area contributed by atoms with Crippen molar-refractivity contribution in [1.29, 1.82) is 5.26 Å². The number of thioether (sulfide) groups is 1. The van der Waals surface area contributed by atoms with Crippen LogP contribution in [0.5, 0.6) is 5.75 Å². The number of benzene rings is 1. The second-order valence-electron chi connectivity index (χ2n) is 4.92. The van der Waals surface area contributed by atoms with E-state index >= 15 is 0 Å². The quantitative estimate of drug-likeness (QED) is 0.863. The molecule has 1 aliphatic rings. The first-order valence-corrected chi connectivity index (χ1v) is 7.82. The van der Waals surface area contributed by atoms with E-state index in [-0.39, 0.29) is 5.91 Å². The Morgan fingerprint density at radius 2 is 2.15 bits per heavy atom. The fraction of sp³-hybridized carbons (Fsp3) is 0.467. The lowest BCUT2D eigenvalue weighted by molar-refractivity contribution is -0.122. The predicted molar refractivity (Wildman–Crippen MR) is 79.9 cm³/mol. The number of methoxy groups -OCH3 is 1. The number of hydrogen-bond acceptors (Lipinski definition) is 4. The molecule has 20 heavy (non-hydrogen) atoms. The Morgan fingerprint density at radius 1 is 1.45 bits per heavy atom. The minimum absolute atomic E-state index is 0.215. The van der Waals surface area contributed by atoms with E-state index in [4.69, 9.17) is 4.74 Å². The zero-order valence-electron chi connectivity index (χ0n) is 11.7. The van der Waals surface area contributed by atoms with Crippen LogP contribution in [0.4, 0.5) is 5.69 Å². The molecule has 1 aromatic carbocycles. The Bertz CT molecular complexity index is 545. The maximum absolute atomic E-state index is 12.4. The predicted octanol–water partition coefficient (Wildman–Crippen LogP) is 3.44. The number of ether oxygens (including phenoxy) is 1. The van der Waals surface area contributed by atoms with Crippen LogP contribution in [-0.4, -0.2) is 19.3 Å². The van der Waals surface area contributed by atoms with Crippen LogP contribution in [-0.2, 0) is 4.79 Å². The Morgan fingerprint density at radius 3 is 2.70 bits per heavy atom. The van der Waals surface area contributed by atoms with Gasteiger partial charge in [0.15, 0.2) is 0 Å². The third kappa shape index (κ3) is 2.75. The van der Waals surface area contributed by atoms with Crippen LogP contribution < -0.4 is 10.1 Å². The molecule has 0 aliphatic heterocycles. The highest BCUT2D eigenvalue weighted by atomic mass is 32.2. The van der Waals surface area contributed by atoms with Crippen LogP contribution >= 0.6 is 11.8 Å². The van der Waals surface area contributed by atoms with E-state index in [9.17, 15) is 10.1 Å². The number of rotatable bonds is 4. The maximum Gasteiger partial charge on any atom is 0.244 e. The molecule has 0 spiro atoms. The molecule has 1 aliphatic carbocycles.